The average molecular weight is 486 g/mol. The van der Waals surface area contributed by atoms with E-state index in [4.69, 9.17) is 0 Å². The number of carbonyl (C=O) groups is 2. The maximum absolute atomic E-state index is 13.1. The van der Waals surface area contributed by atoms with Gasteiger partial charge in [0.1, 0.15) is 5.82 Å². The van der Waals surface area contributed by atoms with Crippen LogP contribution in [0.25, 0.3) is 11.1 Å². The van der Waals surface area contributed by atoms with Gasteiger partial charge in [-0.1, -0.05) is 18.2 Å². The lowest BCUT2D eigenvalue weighted by Crippen LogP contribution is -2.38. The Labute approximate surface area is 200 Å². The number of nitrogens with one attached hydrogen (secondary N) is 2. The number of aromatic nitrogens is 3. The maximum Gasteiger partial charge on any atom is 0.416 e. The fourth-order valence-corrected chi connectivity index (χ4v) is 4.33. The molecule has 1 unspecified atom stereocenters. The highest BCUT2D eigenvalue weighted by atomic mass is 19.4. The maximum atomic E-state index is 13.1. The summed E-state index contributed by atoms with van der Waals surface area (Å²) in [6.45, 7) is 0.578. The predicted molar refractivity (Wildman–Crippen MR) is 124 cm³/mol. The molecule has 0 aliphatic carbocycles. The number of hydrogen-bond donors (Lipinski definition) is 2. The summed E-state index contributed by atoms with van der Waals surface area (Å²) in [7, 11) is 0. The van der Waals surface area contributed by atoms with E-state index in [1.807, 2.05) is 0 Å². The van der Waals surface area contributed by atoms with Gasteiger partial charge in [-0.25, -0.2) is 4.98 Å². The highest BCUT2D eigenvalue weighted by Crippen LogP contribution is 2.37. The van der Waals surface area contributed by atoms with Crippen LogP contribution in [-0.2, 0) is 15.8 Å². The van der Waals surface area contributed by atoms with Crippen molar-refractivity contribution < 1.29 is 22.8 Å². The number of hydrogen-bond acceptors (Lipinski definition) is 4. The molecule has 1 saturated heterocycles. The molecular formula is C25H26F3N5O2. The first-order valence-corrected chi connectivity index (χ1v) is 11.5. The fraction of sp³-hybridized carbons (Fsp3) is 0.360. The van der Waals surface area contributed by atoms with Crippen LogP contribution in [0.15, 0.2) is 54.9 Å². The summed E-state index contributed by atoms with van der Waals surface area (Å²) in [6.07, 6.45) is 2.09. The standard InChI is InChI=1S/C25H26F3N5O2/c26-25(27,28)18-12-10-17(11-13-18)19-16-30-32-24(19)20-6-2-4-15-33(20)23(35)9-5-8-22(34)31-21-7-1-3-14-29-21/h1,3,7,10-14,16,20H,2,4-6,8-9,15H2,(H,30,32)(H,29,31,34). The van der Waals surface area contributed by atoms with Crippen LogP contribution >= 0.6 is 0 Å². The van der Waals surface area contributed by atoms with Crippen molar-refractivity contribution in [3.05, 3.63) is 66.1 Å². The first-order valence-electron chi connectivity index (χ1n) is 11.5. The first kappa shape index (κ1) is 24.4. The van der Waals surface area contributed by atoms with Gasteiger partial charge in [0, 0.05) is 31.1 Å². The van der Waals surface area contributed by atoms with Crippen LogP contribution in [0.4, 0.5) is 19.0 Å². The molecule has 1 fully saturated rings. The number of carbonyl (C=O) groups excluding carboxylic acids is 2. The highest BCUT2D eigenvalue weighted by molar-refractivity contribution is 5.90. The minimum absolute atomic E-state index is 0.0618. The van der Waals surface area contributed by atoms with Gasteiger partial charge >= 0.3 is 6.18 Å². The van der Waals surface area contributed by atoms with Crippen LogP contribution in [0, 0.1) is 0 Å². The topological polar surface area (TPSA) is 91.0 Å². The van der Waals surface area contributed by atoms with E-state index in [0.717, 1.165) is 31.4 Å². The molecule has 1 aliphatic rings. The Morgan fingerprint density at radius 3 is 2.60 bits per heavy atom. The molecule has 3 aromatic rings. The summed E-state index contributed by atoms with van der Waals surface area (Å²) in [6, 6.07) is 9.91. The number of piperidine rings is 1. The SMILES string of the molecule is O=C(CCCC(=O)N1CCCCC1c1[nH]ncc1-c1ccc(C(F)(F)F)cc1)Nc1ccccn1. The molecule has 2 amide bonds. The van der Waals surface area contributed by atoms with Crippen molar-refractivity contribution in [2.75, 3.05) is 11.9 Å². The van der Waals surface area contributed by atoms with Gasteiger partial charge in [0.2, 0.25) is 11.8 Å². The van der Waals surface area contributed by atoms with Crippen LogP contribution < -0.4 is 5.32 Å². The number of pyridine rings is 1. The molecule has 1 aromatic carbocycles. The lowest BCUT2D eigenvalue weighted by molar-refractivity contribution is -0.137. The number of anilines is 1. The third-order valence-corrected chi connectivity index (χ3v) is 6.08. The molecule has 7 nitrogen and oxygen atoms in total. The summed E-state index contributed by atoms with van der Waals surface area (Å²) in [5.74, 6) is 0.202. The summed E-state index contributed by atoms with van der Waals surface area (Å²) in [5, 5.41) is 9.79. The van der Waals surface area contributed by atoms with Crippen molar-refractivity contribution in [1.82, 2.24) is 20.1 Å². The Hall–Kier alpha value is -3.69. The van der Waals surface area contributed by atoms with Gasteiger partial charge < -0.3 is 10.2 Å². The molecular weight excluding hydrogens is 459 g/mol. The molecule has 0 saturated carbocycles. The monoisotopic (exact) mass is 485 g/mol. The number of benzene rings is 1. The van der Waals surface area contributed by atoms with Gasteiger partial charge in [0.05, 0.1) is 23.5 Å². The molecule has 10 heteroatoms. The second-order valence-electron chi connectivity index (χ2n) is 8.49. The smallest absolute Gasteiger partial charge is 0.334 e. The highest BCUT2D eigenvalue weighted by Gasteiger charge is 2.32. The van der Waals surface area contributed by atoms with E-state index < -0.39 is 11.7 Å². The molecule has 4 rings (SSSR count). The van der Waals surface area contributed by atoms with Crippen molar-refractivity contribution in [2.45, 2.75) is 50.7 Å². The number of halogens is 3. The first-order chi connectivity index (χ1) is 16.8. The number of aromatic amines is 1. The minimum Gasteiger partial charge on any atom is -0.334 e. The zero-order valence-corrected chi connectivity index (χ0v) is 19.0. The number of amides is 2. The molecule has 0 spiro atoms. The van der Waals surface area contributed by atoms with E-state index in [1.165, 1.54) is 12.1 Å². The molecule has 0 bridgehead atoms. The van der Waals surface area contributed by atoms with Crippen molar-refractivity contribution in [3.63, 3.8) is 0 Å². The minimum atomic E-state index is -4.40. The third kappa shape index (κ3) is 6.06. The van der Waals surface area contributed by atoms with Crippen molar-refractivity contribution in [3.8, 4) is 11.1 Å². The number of H-pyrrole nitrogens is 1. The zero-order valence-electron chi connectivity index (χ0n) is 19.0. The molecule has 1 atom stereocenters. The summed E-state index contributed by atoms with van der Waals surface area (Å²) in [4.78, 5) is 31.1. The number of rotatable bonds is 7. The van der Waals surface area contributed by atoms with Crippen LogP contribution in [-0.4, -0.2) is 38.4 Å². The van der Waals surface area contributed by atoms with Crippen molar-refractivity contribution >= 4 is 17.6 Å². The average Bonchev–Trinajstić information content (AvgIpc) is 3.34. The molecule has 0 radical (unpaired) electrons. The van der Waals surface area contributed by atoms with Gasteiger partial charge in [-0.15, -0.1) is 0 Å². The van der Waals surface area contributed by atoms with E-state index in [0.29, 0.717) is 35.6 Å². The van der Waals surface area contributed by atoms with Crippen LogP contribution in [0.2, 0.25) is 0 Å². The van der Waals surface area contributed by atoms with Crippen molar-refractivity contribution in [1.29, 1.82) is 0 Å². The number of likely N-dealkylation sites (tertiary alicyclic amines) is 1. The van der Waals surface area contributed by atoms with E-state index in [2.05, 4.69) is 20.5 Å². The summed E-state index contributed by atoms with van der Waals surface area (Å²) in [5.41, 5.74) is 1.28. The van der Waals surface area contributed by atoms with E-state index in [1.54, 1.807) is 35.5 Å². The largest absolute Gasteiger partial charge is 0.416 e. The van der Waals surface area contributed by atoms with E-state index in [-0.39, 0.29) is 30.7 Å². The van der Waals surface area contributed by atoms with E-state index >= 15 is 0 Å². The van der Waals surface area contributed by atoms with Crippen LogP contribution in [0.3, 0.4) is 0 Å². The second kappa shape index (κ2) is 10.7. The Morgan fingerprint density at radius 2 is 1.89 bits per heavy atom. The fourth-order valence-electron chi connectivity index (χ4n) is 4.33. The molecule has 2 aromatic heterocycles. The van der Waals surface area contributed by atoms with Gasteiger partial charge in [-0.2, -0.15) is 18.3 Å². The van der Waals surface area contributed by atoms with E-state index in [9.17, 15) is 22.8 Å². The normalized spacial score (nSPS) is 16.2. The molecule has 3 heterocycles. The summed E-state index contributed by atoms with van der Waals surface area (Å²) >= 11 is 0. The van der Waals surface area contributed by atoms with Gasteiger partial charge in [-0.05, 0) is 55.5 Å². The third-order valence-electron chi connectivity index (χ3n) is 6.08. The van der Waals surface area contributed by atoms with Gasteiger partial charge in [-0.3, -0.25) is 14.7 Å². The Bertz CT molecular complexity index is 1150. The van der Waals surface area contributed by atoms with Crippen molar-refractivity contribution in [2.24, 2.45) is 0 Å². The zero-order chi connectivity index (χ0) is 24.8. The second-order valence-corrected chi connectivity index (χ2v) is 8.49. The van der Waals surface area contributed by atoms with Crippen LogP contribution in [0.1, 0.15) is 55.8 Å². The molecule has 35 heavy (non-hydrogen) atoms. The number of nitrogens with zero attached hydrogens (tertiary/aromatic N) is 3. The van der Waals surface area contributed by atoms with Crippen LogP contribution in [0.5, 0.6) is 0 Å². The lowest BCUT2D eigenvalue weighted by Gasteiger charge is -2.36. The molecule has 2 N–H and O–H groups in total. The van der Waals surface area contributed by atoms with Gasteiger partial charge in [0.15, 0.2) is 0 Å². The Kier molecular flexibility index (Phi) is 7.48. The Morgan fingerprint density at radius 1 is 1.09 bits per heavy atom. The molecule has 1 aliphatic heterocycles. The van der Waals surface area contributed by atoms with Gasteiger partial charge in [0.25, 0.3) is 0 Å². The number of alkyl halides is 3. The lowest BCUT2D eigenvalue weighted by atomic mass is 9.93. The quantitative estimate of drug-likeness (QED) is 0.472. The predicted octanol–water partition coefficient (Wildman–Crippen LogP) is 5.35. The summed E-state index contributed by atoms with van der Waals surface area (Å²) < 4.78 is 38.8. The molecule has 184 valence electrons. The Balaban J connectivity index is 1.40.